The van der Waals surface area contributed by atoms with E-state index in [1.54, 1.807) is 0 Å². The molecule has 0 radical (unpaired) electrons. The Balaban J connectivity index is 2.60. The zero-order chi connectivity index (χ0) is 11.1. The minimum absolute atomic E-state index is 0.717. The molecule has 80 valence electrons. The first kappa shape index (κ1) is 11.6. The van der Waals surface area contributed by atoms with Crippen molar-refractivity contribution in [1.82, 2.24) is 0 Å². The standard InChI is InChI=1S/C14H18O/c1-4-12(3)6-7-13-8-10-14(11-9-13)15-5-2/h4,6,8-11H,1,5,7H2,2-3H3/b12-6+. The van der Waals surface area contributed by atoms with E-state index in [0.717, 1.165) is 18.8 Å². The van der Waals surface area contributed by atoms with Gasteiger partial charge >= 0.3 is 0 Å². The fourth-order valence-corrected chi connectivity index (χ4v) is 1.25. The van der Waals surface area contributed by atoms with Crippen molar-refractivity contribution in [3.05, 3.63) is 54.1 Å². The van der Waals surface area contributed by atoms with Crippen LogP contribution in [-0.4, -0.2) is 6.61 Å². The molecule has 0 saturated carbocycles. The number of hydrogen-bond donors (Lipinski definition) is 0. The highest BCUT2D eigenvalue weighted by Crippen LogP contribution is 2.13. The Morgan fingerprint density at radius 1 is 1.33 bits per heavy atom. The molecule has 0 N–H and O–H groups in total. The van der Waals surface area contributed by atoms with Gasteiger partial charge in [0.2, 0.25) is 0 Å². The van der Waals surface area contributed by atoms with Gasteiger partial charge in [0, 0.05) is 0 Å². The lowest BCUT2D eigenvalue weighted by molar-refractivity contribution is 0.340. The molecular formula is C14H18O. The molecule has 0 aliphatic rings. The molecular weight excluding hydrogens is 184 g/mol. The third-order valence-electron chi connectivity index (χ3n) is 2.22. The summed E-state index contributed by atoms with van der Waals surface area (Å²) in [4.78, 5) is 0. The molecule has 0 aromatic heterocycles. The average Bonchev–Trinajstić information content (AvgIpc) is 2.28. The molecule has 1 nitrogen and oxygen atoms in total. The zero-order valence-corrected chi connectivity index (χ0v) is 9.49. The van der Waals surface area contributed by atoms with E-state index in [1.807, 2.05) is 25.1 Å². The van der Waals surface area contributed by atoms with Crippen LogP contribution in [0.1, 0.15) is 19.4 Å². The van der Waals surface area contributed by atoms with Crippen LogP contribution in [0.4, 0.5) is 0 Å². The summed E-state index contributed by atoms with van der Waals surface area (Å²) >= 11 is 0. The second kappa shape index (κ2) is 6.07. The Labute approximate surface area is 92.1 Å². The maximum atomic E-state index is 5.38. The highest BCUT2D eigenvalue weighted by molar-refractivity contribution is 5.29. The van der Waals surface area contributed by atoms with Crippen LogP contribution in [0.2, 0.25) is 0 Å². The van der Waals surface area contributed by atoms with E-state index in [0.29, 0.717) is 0 Å². The first-order valence-corrected chi connectivity index (χ1v) is 5.27. The number of rotatable bonds is 5. The average molecular weight is 202 g/mol. The van der Waals surface area contributed by atoms with Gasteiger partial charge in [-0.15, -0.1) is 0 Å². The Morgan fingerprint density at radius 3 is 2.53 bits per heavy atom. The fourth-order valence-electron chi connectivity index (χ4n) is 1.25. The summed E-state index contributed by atoms with van der Waals surface area (Å²) in [5.41, 5.74) is 2.50. The van der Waals surface area contributed by atoms with Crippen molar-refractivity contribution < 1.29 is 4.74 Å². The zero-order valence-electron chi connectivity index (χ0n) is 9.49. The number of ether oxygens (including phenoxy) is 1. The highest BCUT2D eigenvalue weighted by Gasteiger charge is 1.93. The lowest BCUT2D eigenvalue weighted by Gasteiger charge is -2.03. The number of allylic oxidation sites excluding steroid dienone is 3. The molecule has 0 aliphatic carbocycles. The first-order chi connectivity index (χ1) is 7.26. The van der Waals surface area contributed by atoms with Crippen molar-refractivity contribution in [3.8, 4) is 5.75 Å². The van der Waals surface area contributed by atoms with Crippen molar-refractivity contribution in [2.75, 3.05) is 6.61 Å². The summed E-state index contributed by atoms with van der Waals surface area (Å²) < 4.78 is 5.38. The SMILES string of the molecule is C=C/C(C)=C/Cc1ccc(OCC)cc1. The van der Waals surface area contributed by atoms with Crippen molar-refractivity contribution >= 4 is 0 Å². The molecule has 0 atom stereocenters. The Kier molecular flexibility index (Phi) is 4.69. The van der Waals surface area contributed by atoms with Gasteiger partial charge in [0.1, 0.15) is 5.75 Å². The molecule has 1 heteroatoms. The monoisotopic (exact) mass is 202 g/mol. The molecule has 1 rings (SSSR count). The summed E-state index contributed by atoms with van der Waals surface area (Å²) in [6.07, 6.45) is 4.99. The van der Waals surface area contributed by atoms with Gasteiger partial charge in [-0.25, -0.2) is 0 Å². The van der Waals surface area contributed by atoms with E-state index in [-0.39, 0.29) is 0 Å². The van der Waals surface area contributed by atoms with Gasteiger partial charge in [-0.05, 0) is 38.0 Å². The van der Waals surface area contributed by atoms with Crippen LogP contribution in [0.3, 0.4) is 0 Å². The van der Waals surface area contributed by atoms with Gasteiger partial charge in [-0.1, -0.05) is 36.4 Å². The van der Waals surface area contributed by atoms with Crippen molar-refractivity contribution in [1.29, 1.82) is 0 Å². The van der Waals surface area contributed by atoms with E-state index in [1.165, 1.54) is 11.1 Å². The van der Waals surface area contributed by atoms with E-state index in [9.17, 15) is 0 Å². The Morgan fingerprint density at radius 2 is 2.00 bits per heavy atom. The third kappa shape index (κ3) is 4.03. The number of hydrogen-bond acceptors (Lipinski definition) is 1. The number of benzene rings is 1. The van der Waals surface area contributed by atoms with Gasteiger partial charge in [0.15, 0.2) is 0 Å². The highest BCUT2D eigenvalue weighted by atomic mass is 16.5. The van der Waals surface area contributed by atoms with Crippen LogP contribution in [0, 0.1) is 0 Å². The van der Waals surface area contributed by atoms with E-state index in [4.69, 9.17) is 4.74 Å². The summed E-state index contributed by atoms with van der Waals surface area (Å²) in [6.45, 7) is 8.49. The van der Waals surface area contributed by atoms with Gasteiger partial charge in [-0.2, -0.15) is 0 Å². The van der Waals surface area contributed by atoms with Gasteiger partial charge < -0.3 is 4.74 Å². The molecule has 0 amide bonds. The normalized spacial score (nSPS) is 11.2. The van der Waals surface area contributed by atoms with Crippen LogP contribution >= 0.6 is 0 Å². The maximum Gasteiger partial charge on any atom is 0.119 e. The van der Waals surface area contributed by atoms with E-state index < -0.39 is 0 Å². The minimum atomic E-state index is 0.717. The molecule has 0 heterocycles. The molecule has 0 aliphatic heterocycles. The molecule has 0 fully saturated rings. The topological polar surface area (TPSA) is 9.23 Å². The van der Waals surface area contributed by atoms with Gasteiger partial charge in [0.05, 0.1) is 6.61 Å². The van der Waals surface area contributed by atoms with E-state index in [2.05, 4.69) is 31.7 Å². The summed E-state index contributed by atoms with van der Waals surface area (Å²) in [6, 6.07) is 8.21. The second-order valence-corrected chi connectivity index (χ2v) is 3.43. The van der Waals surface area contributed by atoms with Crippen LogP contribution in [0.5, 0.6) is 5.75 Å². The lowest BCUT2D eigenvalue weighted by atomic mass is 10.1. The predicted octanol–water partition coefficient (Wildman–Crippen LogP) is 3.76. The molecule has 0 saturated heterocycles. The van der Waals surface area contributed by atoms with Crippen LogP contribution < -0.4 is 4.74 Å². The smallest absolute Gasteiger partial charge is 0.119 e. The van der Waals surface area contributed by atoms with Crippen LogP contribution in [-0.2, 0) is 6.42 Å². The largest absolute Gasteiger partial charge is 0.494 e. The molecule has 1 aromatic carbocycles. The van der Waals surface area contributed by atoms with Crippen molar-refractivity contribution in [2.45, 2.75) is 20.3 Å². The Bertz CT molecular complexity index is 333. The lowest BCUT2D eigenvalue weighted by Crippen LogP contribution is -1.91. The molecule has 0 spiro atoms. The summed E-state index contributed by atoms with van der Waals surface area (Å²) in [5.74, 6) is 0.936. The quantitative estimate of drug-likeness (QED) is 0.660. The fraction of sp³-hybridized carbons (Fsp3) is 0.286. The maximum absolute atomic E-state index is 5.38. The van der Waals surface area contributed by atoms with Crippen LogP contribution in [0.25, 0.3) is 0 Å². The van der Waals surface area contributed by atoms with Crippen molar-refractivity contribution in [2.24, 2.45) is 0 Å². The predicted molar refractivity (Wildman–Crippen MR) is 65.3 cm³/mol. The minimum Gasteiger partial charge on any atom is -0.494 e. The van der Waals surface area contributed by atoms with Crippen LogP contribution in [0.15, 0.2) is 48.6 Å². The summed E-state index contributed by atoms with van der Waals surface area (Å²) in [5, 5.41) is 0. The molecule has 15 heavy (non-hydrogen) atoms. The first-order valence-electron chi connectivity index (χ1n) is 5.27. The molecule has 1 aromatic rings. The second-order valence-electron chi connectivity index (χ2n) is 3.43. The van der Waals surface area contributed by atoms with Gasteiger partial charge in [0.25, 0.3) is 0 Å². The van der Waals surface area contributed by atoms with Gasteiger partial charge in [-0.3, -0.25) is 0 Å². The third-order valence-corrected chi connectivity index (χ3v) is 2.22. The summed E-state index contributed by atoms with van der Waals surface area (Å²) in [7, 11) is 0. The van der Waals surface area contributed by atoms with Crippen molar-refractivity contribution in [3.63, 3.8) is 0 Å². The van der Waals surface area contributed by atoms with E-state index >= 15 is 0 Å². The molecule has 0 bridgehead atoms. The molecule has 0 unspecified atom stereocenters. The Hall–Kier alpha value is -1.50.